The van der Waals surface area contributed by atoms with Gasteiger partial charge in [-0.05, 0) is 31.4 Å². The van der Waals surface area contributed by atoms with Crippen molar-refractivity contribution in [3.05, 3.63) is 30.6 Å². The Hall–Kier alpha value is -2.74. The van der Waals surface area contributed by atoms with Crippen molar-refractivity contribution in [3.63, 3.8) is 0 Å². The number of anilines is 2. The highest BCUT2D eigenvalue weighted by atomic mass is 16.7. The van der Waals surface area contributed by atoms with Gasteiger partial charge in [0, 0.05) is 24.6 Å². The van der Waals surface area contributed by atoms with Crippen molar-refractivity contribution in [2.75, 3.05) is 24.0 Å². The fraction of sp³-hybridized carbons (Fsp3) is 0.412. The first-order valence-corrected chi connectivity index (χ1v) is 8.38. The maximum atomic E-state index is 12.1. The van der Waals surface area contributed by atoms with Crippen LogP contribution < -0.4 is 20.1 Å². The fourth-order valence-electron chi connectivity index (χ4n) is 2.96. The van der Waals surface area contributed by atoms with Gasteiger partial charge in [0.05, 0.1) is 24.5 Å². The van der Waals surface area contributed by atoms with Gasteiger partial charge in [-0.25, -0.2) is 4.79 Å². The van der Waals surface area contributed by atoms with Crippen molar-refractivity contribution >= 4 is 17.4 Å². The predicted molar refractivity (Wildman–Crippen MR) is 91.0 cm³/mol. The molecule has 1 aromatic heterocycles. The number of fused-ring (bicyclic) bond motifs is 1. The molecule has 1 fully saturated rings. The van der Waals surface area contributed by atoms with E-state index in [0.717, 1.165) is 19.4 Å². The molecule has 0 saturated carbocycles. The second-order valence-corrected chi connectivity index (χ2v) is 6.09. The van der Waals surface area contributed by atoms with E-state index in [1.165, 1.54) is 6.42 Å². The second kappa shape index (κ2) is 7.02. The van der Waals surface area contributed by atoms with Crippen molar-refractivity contribution in [2.24, 2.45) is 0 Å². The van der Waals surface area contributed by atoms with Gasteiger partial charge >= 0.3 is 6.03 Å². The third kappa shape index (κ3) is 3.85. The molecule has 2 aliphatic rings. The first-order chi connectivity index (χ1) is 12.3. The molecule has 8 heteroatoms. The molecular weight excluding hydrogens is 324 g/mol. The summed E-state index contributed by atoms with van der Waals surface area (Å²) in [5.41, 5.74) is 1.26. The molecule has 2 aromatic rings. The Balaban J connectivity index is 1.32. The van der Waals surface area contributed by atoms with Gasteiger partial charge < -0.3 is 24.8 Å². The van der Waals surface area contributed by atoms with Crippen molar-refractivity contribution < 1.29 is 19.0 Å². The third-order valence-corrected chi connectivity index (χ3v) is 4.19. The zero-order valence-corrected chi connectivity index (χ0v) is 13.7. The maximum absolute atomic E-state index is 12.1. The van der Waals surface area contributed by atoms with E-state index < -0.39 is 0 Å². The number of carbonyl (C=O) groups excluding carboxylic acids is 1. The summed E-state index contributed by atoms with van der Waals surface area (Å²) in [6.07, 6.45) is 6.99. The summed E-state index contributed by atoms with van der Waals surface area (Å²) < 4.78 is 18.0. The smallest absolute Gasteiger partial charge is 0.323 e. The minimum atomic E-state index is -0.340. The lowest BCUT2D eigenvalue weighted by Gasteiger charge is -2.22. The summed E-state index contributed by atoms with van der Waals surface area (Å²) in [6, 6.07) is 4.91. The Bertz CT molecular complexity index is 755. The number of amides is 2. The molecular formula is C17H20N4O4. The summed E-state index contributed by atoms with van der Waals surface area (Å²) in [6.45, 7) is 1.72. The molecule has 2 aliphatic heterocycles. The van der Waals surface area contributed by atoms with E-state index in [1.807, 2.05) is 0 Å². The highest BCUT2D eigenvalue weighted by molar-refractivity contribution is 5.99. The molecule has 2 N–H and O–H groups in total. The number of ether oxygens (including phenoxy) is 3. The monoisotopic (exact) mass is 344 g/mol. The predicted octanol–water partition coefficient (Wildman–Crippen LogP) is 2.82. The van der Waals surface area contributed by atoms with E-state index in [4.69, 9.17) is 14.2 Å². The number of carbonyl (C=O) groups is 1. The topological polar surface area (TPSA) is 86.6 Å². The van der Waals surface area contributed by atoms with Crippen LogP contribution in [0.3, 0.4) is 0 Å². The van der Waals surface area contributed by atoms with E-state index in [9.17, 15) is 4.79 Å². The average molecular weight is 344 g/mol. The summed E-state index contributed by atoms with van der Waals surface area (Å²) in [7, 11) is 0. The molecule has 0 bridgehead atoms. The Morgan fingerprint density at radius 3 is 2.96 bits per heavy atom. The first-order valence-electron chi connectivity index (χ1n) is 8.38. The molecule has 3 heterocycles. The number of hydrogen-bond donors (Lipinski definition) is 2. The second-order valence-electron chi connectivity index (χ2n) is 6.09. The van der Waals surface area contributed by atoms with Crippen molar-refractivity contribution in [1.82, 2.24) is 9.78 Å². The third-order valence-electron chi connectivity index (χ3n) is 4.19. The molecule has 8 nitrogen and oxygen atoms in total. The molecule has 4 rings (SSSR count). The van der Waals surface area contributed by atoms with Gasteiger partial charge in [0.1, 0.15) is 0 Å². The van der Waals surface area contributed by atoms with E-state index in [-0.39, 0.29) is 18.9 Å². The minimum Gasteiger partial charge on any atom is -0.454 e. The van der Waals surface area contributed by atoms with Crippen LogP contribution in [0.25, 0.3) is 0 Å². The standard InChI is InChI=1S/C17H20N4O4/c22-17(19-12-4-5-15-16(7-12)25-11-24-15)20-13-8-18-21(9-13)10-14-3-1-2-6-23-14/h4-5,7-9,14H,1-3,6,10-11H2,(H2,19,20,22)/t14-/m1/s1. The number of urea groups is 1. The fourth-order valence-corrected chi connectivity index (χ4v) is 2.96. The number of nitrogens with zero attached hydrogens (tertiary/aromatic N) is 2. The molecule has 1 aromatic carbocycles. The van der Waals surface area contributed by atoms with Crippen molar-refractivity contribution in [2.45, 2.75) is 31.9 Å². The normalized spacial score (nSPS) is 18.8. The van der Waals surface area contributed by atoms with Crippen LogP contribution in [0, 0.1) is 0 Å². The van der Waals surface area contributed by atoms with Crippen LogP contribution in [0.4, 0.5) is 16.2 Å². The van der Waals surface area contributed by atoms with Crippen LogP contribution in [0.1, 0.15) is 19.3 Å². The molecule has 25 heavy (non-hydrogen) atoms. The minimum absolute atomic E-state index is 0.198. The summed E-state index contributed by atoms with van der Waals surface area (Å²) in [4.78, 5) is 12.1. The van der Waals surface area contributed by atoms with E-state index in [1.54, 1.807) is 35.3 Å². The number of hydrogen-bond acceptors (Lipinski definition) is 5. The van der Waals surface area contributed by atoms with E-state index >= 15 is 0 Å². The van der Waals surface area contributed by atoms with Crippen molar-refractivity contribution in [1.29, 1.82) is 0 Å². The lowest BCUT2D eigenvalue weighted by atomic mass is 10.1. The first kappa shape index (κ1) is 15.8. The van der Waals surface area contributed by atoms with Gasteiger partial charge in [0.2, 0.25) is 6.79 Å². The number of aromatic nitrogens is 2. The van der Waals surface area contributed by atoms with Gasteiger partial charge in [0.25, 0.3) is 0 Å². The van der Waals surface area contributed by atoms with E-state index in [0.29, 0.717) is 29.4 Å². The molecule has 0 spiro atoms. The lowest BCUT2D eigenvalue weighted by Crippen LogP contribution is -2.24. The van der Waals surface area contributed by atoms with Crippen LogP contribution in [0.15, 0.2) is 30.6 Å². The lowest BCUT2D eigenvalue weighted by molar-refractivity contribution is 0.00400. The van der Waals surface area contributed by atoms with Gasteiger partial charge in [-0.2, -0.15) is 5.10 Å². The molecule has 0 unspecified atom stereocenters. The quantitative estimate of drug-likeness (QED) is 0.891. The molecule has 1 saturated heterocycles. The van der Waals surface area contributed by atoms with E-state index in [2.05, 4.69) is 15.7 Å². The molecule has 132 valence electrons. The molecule has 2 amide bonds. The van der Waals surface area contributed by atoms with Crippen LogP contribution in [-0.2, 0) is 11.3 Å². The zero-order valence-electron chi connectivity index (χ0n) is 13.7. The van der Waals surface area contributed by atoms with Crippen LogP contribution >= 0.6 is 0 Å². The maximum Gasteiger partial charge on any atom is 0.323 e. The largest absolute Gasteiger partial charge is 0.454 e. The average Bonchev–Trinajstić information content (AvgIpc) is 3.24. The molecule has 1 atom stereocenters. The SMILES string of the molecule is O=C(Nc1ccc2c(c1)OCO2)Nc1cnn(C[C@H]2CCCCO2)c1. The van der Waals surface area contributed by atoms with Gasteiger partial charge in [-0.15, -0.1) is 0 Å². The molecule has 0 radical (unpaired) electrons. The van der Waals surface area contributed by atoms with Crippen molar-refractivity contribution in [3.8, 4) is 11.5 Å². The van der Waals surface area contributed by atoms with Crippen LogP contribution in [0.2, 0.25) is 0 Å². The van der Waals surface area contributed by atoms with Gasteiger partial charge in [-0.1, -0.05) is 0 Å². The van der Waals surface area contributed by atoms with Crippen LogP contribution in [-0.4, -0.2) is 35.3 Å². The Labute approximate surface area is 145 Å². The zero-order chi connectivity index (χ0) is 17.1. The Morgan fingerprint density at radius 1 is 1.20 bits per heavy atom. The summed E-state index contributed by atoms with van der Waals surface area (Å²) in [5, 5.41) is 9.81. The van der Waals surface area contributed by atoms with Crippen LogP contribution in [0.5, 0.6) is 11.5 Å². The summed E-state index contributed by atoms with van der Waals surface area (Å²) >= 11 is 0. The molecule has 0 aliphatic carbocycles. The highest BCUT2D eigenvalue weighted by Crippen LogP contribution is 2.34. The number of benzene rings is 1. The summed E-state index contributed by atoms with van der Waals surface area (Å²) in [5.74, 6) is 1.30. The van der Waals surface area contributed by atoms with Gasteiger partial charge in [0.15, 0.2) is 11.5 Å². The van der Waals surface area contributed by atoms with Gasteiger partial charge in [-0.3, -0.25) is 4.68 Å². The number of nitrogens with one attached hydrogen (secondary N) is 2. The Kier molecular flexibility index (Phi) is 4.43. The highest BCUT2D eigenvalue weighted by Gasteiger charge is 2.16. The number of rotatable bonds is 4. The Morgan fingerprint density at radius 2 is 2.08 bits per heavy atom.